The summed E-state index contributed by atoms with van der Waals surface area (Å²) < 4.78 is 58.3. The van der Waals surface area contributed by atoms with E-state index in [9.17, 15) is 28.5 Å². The van der Waals surface area contributed by atoms with Gasteiger partial charge in [-0.3, -0.25) is 9.35 Å². The predicted molar refractivity (Wildman–Crippen MR) is 216 cm³/mol. The van der Waals surface area contributed by atoms with E-state index in [-0.39, 0.29) is 19.6 Å². The zero-order valence-corrected chi connectivity index (χ0v) is 35.3. The van der Waals surface area contributed by atoms with Crippen LogP contribution in [0.2, 0.25) is 0 Å². The van der Waals surface area contributed by atoms with Crippen LogP contribution in [0.5, 0.6) is 0 Å². The van der Waals surface area contributed by atoms with Gasteiger partial charge in [-0.2, -0.15) is 8.42 Å². The maximum Gasteiger partial charge on any atom is 0.397 e. The highest BCUT2D eigenvalue weighted by atomic mass is 32.3. The van der Waals surface area contributed by atoms with Crippen LogP contribution in [-0.4, -0.2) is 97.5 Å². The van der Waals surface area contributed by atoms with Gasteiger partial charge < -0.3 is 34.3 Å². The maximum atomic E-state index is 12.3. The second-order valence-electron chi connectivity index (χ2n) is 15.3. The van der Waals surface area contributed by atoms with Crippen molar-refractivity contribution in [2.45, 2.75) is 224 Å². The van der Waals surface area contributed by atoms with Crippen molar-refractivity contribution in [3.05, 3.63) is 12.2 Å². The number of carbonyl (C=O) groups is 1. The molecule has 0 aliphatic carbocycles. The Balaban J connectivity index is 2.10. The van der Waals surface area contributed by atoms with Gasteiger partial charge in [-0.25, -0.2) is 4.18 Å². The van der Waals surface area contributed by atoms with Crippen LogP contribution in [0.3, 0.4) is 0 Å². The predicted octanol–water partition coefficient (Wildman–Crippen LogP) is 8.69. The summed E-state index contributed by atoms with van der Waals surface area (Å²) in [5.74, 6) is -0.432. The fourth-order valence-electron chi connectivity index (χ4n) is 6.76. The molecule has 13 heteroatoms. The molecule has 0 aromatic heterocycles. The largest absolute Gasteiger partial charge is 0.457 e. The number of hydrogen-bond acceptors (Lipinski definition) is 11. The summed E-state index contributed by atoms with van der Waals surface area (Å²) in [5.41, 5.74) is 0. The summed E-state index contributed by atoms with van der Waals surface area (Å²) >= 11 is 0. The molecule has 55 heavy (non-hydrogen) atoms. The Hall–Kier alpha value is -1.16. The fourth-order valence-corrected chi connectivity index (χ4v) is 7.27. The lowest BCUT2D eigenvalue weighted by Crippen LogP contribution is -2.60. The average Bonchev–Trinajstić information content (AvgIpc) is 3.15. The van der Waals surface area contributed by atoms with Crippen molar-refractivity contribution in [2.75, 3.05) is 26.4 Å². The van der Waals surface area contributed by atoms with Gasteiger partial charge in [0.15, 0.2) is 6.29 Å². The van der Waals surface area contributed by atoms with Crippen molar-refractivity contribution in [3.63, 3.8) is 0 Å². The lowest BCUT2D eigenvalue weighted by Gasteiger charge is -2.41. The van der Waals surface area contributed by atoms with Crippen molar-refractivity contribution in [1.29, 1.82) is 0 Å². The normalized spacial score (nSPS) is 21.0. The number of ether oxygens (including phenoxy) is 4. The molecular weight excluding hydrogens is 729 g/mol. The van der Waals surface area contributed by atoms with E-state index >= 15 is 0 Å². The molecule has 1 aliphatic heterocycles. The van der Waals surface area contributed by atoms with Crippen LogP contribution in [-0.2, 0) is 38.3 Å². The Bertz CT molecular complexity index is 1030. The standard InChI is InChI=1S/C42H80O12S/c1-3-5-7-8-9-10-11-12-13-14-15-16-17-18-19-20-21-22-23-24-25-26-27-28-29-30-32-50-34-36(52-38(44)31-6-4-2)35-51-42-40(46)41(54-55(47,48)49)39(45)37(33-43)53-42/h14-15,36-37,39-43,45-46H,3-13,16-35H2,1-2H3,(H,47,48,49)/b15-14-. The minimum absolute atomic E-state index is 0.0362. The molecule has 0 aromatic carbocycles. The smallest absolute Gasteiger partial charge is 0.397 e. The minimum Gasteiger partial charge on any atom is -0.457 e. The molecule has 0 bridgehead atoms. The first-order chi connectivity index (χ1) is 26.6. The van der Waals surface area contributed by atoms with Gasteiger partial charge >= 0.3 is 16.4 Å². The fraction of sp³-hybridized carbons (Fsp3) is 0.929. The SMILES string of the molecule is CCCCCCCCCC/C=C\CCCCCCCCCCCCCCCCOCC(COC1OC(CO)C(O)C(OS(=O)(=O)O)C1O)OC(=O)CCCC. The summed E-state index contributed by atoms with van der Waals surface area (Å²) in [4.78, 5) is 12.3. The van der Waals surface area contributed by atoms with Crippen molar-refractivity contribution < 1.29 is 56.2 Å². The van der Waals surface area contributed by atoms with Crippen molar-refractivity contribution in [1.82, 2.24) is 0 Å². The van der Waals surface area contributed by atoms with E-state index in [0.717, 1.165) is 25.7 Å². The molecule has 0 radical (unpaired) electrons. The Kier molecular flexibility index (Phi) is 32.9. The number of unbranched alkanes of at least 4 members (excludes halogenated alkanes) is 23. The van der Waals surface area contributed by atoms with Gasteiger partial charge in [0.05, 0.1) is 19.8 Å². The van der Waals surface area contributed by atoms with E-state index in [1.54, 1.807) is 0 Å². The molecule has 0 aromatic rings. The van der Waals surface area contributed by atoms with Gasteiger partial charge in [-0.1, -0.05) is 154 Å². The van der Waals surface area contributed by atoms with Gasteiger partial charge in [0.25, 0.3) is 0 Å². The molecule has 0 amide bonds. The van der Waals surface area contributed by atoms with Crippen LogP contribution >= 0.6 is 0 Å². The summed E-state index contributed by atoms with van der Waals surface area (Å²) in [6.07, 6.45) is 28.4. The van der Waals surface area contributed by atoms with Gasteiger partial charge in [-0.15, -0.1) is 0 Å². The summed E-state index contributed by atoms with van der Waals surface area (Å²) in [6.45, 7) is 3.73. The van der Waals surface area contributed by atoms with E-state index < -0.39 is 59.8 Å². The first-order valence-corrected chi connectivity index (χ1v) is 23.3. The van der Waals surface area contributed by atoms with Crippen molar-refractivity contribution in [2.24, 2.45) is 0 Å². The topological polar surface area (TPSA) is 178 Å². The molecule has 12 nitrogen and oxygen atoms in total. The average molecular weight is 809 g/mol. The second kappa shape index (κ2) is 34.8. The monoisotopic (exact) mass is 809 g/mol. The Morgan fingerprint density at radius 3 is 1.62 bits per heavy atom. The molecule has 0 saturated carbocycles. The number of esters is 1. The van der Waals surface area contributed by atoms with Crippen LogP contribution in [0.15, 0.2) is 12.2 Å². The quantitative estimate of drug-likeness (QED) is 0.0202. The van der Waals surface area contributed by atoms with Gasteiger partial charge in [0.2, 0.25) is 0 Å². The molecule has 4 N–H and O–H groups in total. The van der Waals surface area contributed by atoms with Gasteiger partial charge in [0.1, 0.15) is 30.5 Å². The third-order valence-corrected chi connectivity index (χ3v) is 10.6. The van der Waals surface area contributed by atoms with Crippen molar-refractivity contribution >= 4 is 16.4 Å². The van der Waals surface area contributed by atoms with E-state index in [2.05, 4.69) is 23.3 Å². The highest BCUT2D eigenvalue weighted by Gasteiger charge is 2.48. The van der Waals surface area contributed by atoms with Crippen LogP contribution in [0, 0.1) is 0 Å². The molecule has 1 aliphatic rings. The summed E-state index contributed by atoms with van der Waals surface area (Å²) in [6, 6.07) is 0. The van der Waals surface area contributed by atoms with Crippen LogP contribution in [0.4, 0.5) is 0 Å². The van der Waals surface area contributed by atoms with Gasteiger partial charge in [-0.05, 0) is 38.5 Å². The third kappa shape index (κ3) is 28.8. The lowest BCUT2D eigenvalue weighted by molar-refractivity contribution is -0.301. The number of aliphatic hydroxyl groups is 3. The number of allylic oxidation sites excluding steroid dienone is 2. The zero-order chi connectivity index (χ0) is 40.4. The van der Waals surface area contributed by atoms with Crippen LogP contribution in [0.1, 0.15) is 187 Å². The van der Waals surface area contributed by atoms with E-state index in [1.807, 2.05) is 6.92 Å². The summed E-state index contributed by atoms with van der Waals surface area (Å²) in [7, 11) is -5.04. The molecule has 326 valence electrons. The zero-order valence-electron chi connectivity index (χ0n) is 34.5. The molecule has 6 atom stereocenters. The molecule has 1 saturated heterocycles. The maximum absolute atomic E-state index is 12.3. The molecule has 1 fully saturated rings. The minimum atomic E-state index is -5.04. The Morgan fingerprint density at radius 1 is 0.673 bits per heavy atom. The van der Waals surface area contributed by atoms with Crippen LogP contribution in [0.25, 0.3) is 0 Å². The molecular formula is C42H80O12S. The first kappa shape index (κ1) is 51.9. The van der Waals surface area contributed by atoms with E-state index in [0.29, 0.717) is 13.0 Å². The highest BCUT2D eigenvalue weighted by molar-refractivity contribution is 7.80. The number of aliphatic hydroxyl groups excluding tert-OH is 3. The van der Waals surface area contributed by atoms with E-state index in [4.69, 9.17) is 23.5 Å². The molecule has 0 spiro atoms. The third-order valence-electron chi connectivity index (χ3n) is 10.1. The lowest BCUT2D eigenvalue weighted by atomic mass is 9.99. The Labute approximate surface area is 334 Å². The number of carbonyl (C=O) groups excluding carboxylic acids is 1. The molecule has 1 rings (SSSR count). The number of hydrogen-bond donors (Lipinski definition) is 4. The summed E-state index contributed by atoms with van der Waals surface area (Å²) in [5, 5.41) is 30.3. The Morgan fingerprint density at radius 2 is 1.15 bits per heavy atom. The number of rotatable bonds is 38. The molecule has 6 unspecified atom stereocenters. The highest BCUT2D eigenvalue weighted by Crippen LogP contribution is 2.26. The molecule has 1 heterocycles. The van der Waals surface area contributed by atoms with E-state index in [1.165, 1.54) is 135 Å². The van der Waals surface area contributed by atoms with Gasteiger partial charge in [0, 0.05) is 13.0 Å². The first-order valence-electron chi connectivity index (χ1n) is 21.9. The van der Waals surface area contributed by atoms with Crippen molar-refractivity contribution in [3.8, 4) is 0 Å². The second-order valence-corrected chi connectivity index (χ2v) is 16.3. The van der Waals surface area contributed by atoms with Crippen LogP contribution < -0.4 is 0 Å².